The second-order valence-electron chi connectivity index (χ2n) is 9.48. The van der Waals surface area contributed by atoms with Crippen molar-refractivity contribution in [3.8, 4) is 11.5 Å². The molecule has 0 aliphatic heterocycles. The van der Waals surface area contributed by atoms with Crippen molar-refractivity contribution < 1.29 is 14.9 Å². The summed E-state index contributed by atoms with van der Waals surface area (Å²) in [4.78, 5) is 4.67. The van der Waals surface area contributed by atoms with Crippen LogP contribution >= 0.6 is 0 Å². The van der Waals surface area contributed by atoms with E-state index in [0.717, 1.165) is 57.4 Å². The summed E-state index contributed by atoms with van der Waals surface area (Å²) >= 11 is 0. The van der Waals surface area contributed by atoms with Gasteiger partial charge in [0, 0.05) is 43.9 Å². The van der Waals surface area contributed by atoms with E-state index in [1.165, 1.54) is 6.07 Å². The van der Waals surface area contributed by atoms with Crippen molar-refractivity contribution in [2.45, 2.75) is 83.7 Å². The minimum atomic E-state index is -0.592. The minimum absolute atomic E-state index is 0.00622. The largest absolute Gasteiger partial charge is 0.508 e. The molecular formula is C25H47N5O3. The lowest BCUT2D eigenvalue weighted by atomic mass is 9.88. The van der Waals surface area contributed by atoms with Gasteiger partial charge in [-0.15, -0.1) is 0 Å². The van der Waals surface area contributed by atoms with Crippen LogP contribution < -0.4 is 16.8 Å². The molecule has 2 unspecified atom stereocenters. The molecule has 1 aromatic rings. The lowest BCUT2D eigenvalue weighted by Gasteiger charge is -2.45. The highest BCUT2D eigenvalue weighted by molar-refractivity contribution is 5.47. The number of benzene rings is 1. The highest BCUT2D eigenvalue weighted by Gasteiger charge is 2.35. The van der Waals surface area contributed by atoms with E-state index >= 15 is 0 Å². The molecule has 1 aromatic carbocycles. The monoisotopic (exact) mass is 465 g/mol. The maximum absolute atomic E-state index is 10.6. The molecule has 2 rings (SSSR count). The summed E-state index contributed by atoms with van der Waals surface area (Å²) in [5.41, 5.74) is 14.7. The molecule has 33 heavy (non-hydrogen) atoms. The van der Waals surface area contributed by atoms with Gasteiger partial charge in [-0.25, -0.2) is 0 Å². The van der Waals surface area contributed by atoms with Crippen molar-refractivity contribution in [1.82, 2.24) is 15.1 Å². The van der Waals surface area contributed by atoms with Crippen molar-refractivity contribution in [3.63, 3.8) is 0 Å². The average Bonchev–Trinajstić information content (AvgIpc) is 2.77. The summed E-state index contributed by atoms with van der Waals surface area (Å²) in [5.74, 6) is 0.188. The Morgan fingerprint density at radius 2 is 1.64 bits per heavy atom. The van der Waals surface area contributed by atoms with Gasteiger partial charge >= 0.3 is 0 Å². The quantitative estimate of drug-likeness (QED) is 0.223. The molecule has 0 saturated heterocycles. The maximum Gasteiger partial charge on any atom is 0.125 e. The number of phenolic OH excluding ortho intramolecular Hbond substituents is 2. The van der Waals surface area contributed by atoms with E-state index in [1.54, 1.807) is 7.11 Å². The molecule has 2 atom stereocenters. The summed E-state index contributed by atoms with van der Waals surface area (Å²) in [7, 11) is 1.64. The van der Waals surface area contributed by atoms with Crippen LogP contribution in [-0.4, -0.2) is 78.2 Å². The van der Waals surface area contributed by atoms with Crippen molar-refractivity contribution in [1.29, 1.82) is 0 Å². The molecule has 0 amide bonds. The van der Waals surface area contributed by atoms with Crippen molar-refractivity contribution in [2.75, 3.05) is 39.9 Å². The maximum atomic E-state index is 10.6. The van der Waals surface area contributed by atoms with Gasteiger partial charge in [0.15, 0.2) is 0 Å². The highest BCUT2D eigenvalue weighted by Crippen LogP contribution is 2.38. The van der Waals surface area contributed by atoms with Crippen LogP contribution in [0.5, 0.6) is 11.5 Å². The summed E-state index contributed by atoms with van der Waals surface area (Å²) in [6.45, 7) is 12.9. The van der Waals surface area contributed by atoms with Crippen molar-refractivity contribution in [3.05, 3.63) is 23.3 Å². The molecule has 1 aliphatic rings. The number of nitrogens with one attached hydrogen (secondary N) is 1. The SMILES string of the molecule is CCNCCN(CC)C1CCC(N(C(N)COC)C(N)c2cc(C(C)C)c(O)cc2O)CC1. The smallest absolute Gasteiger partial charge is 0.125 e. The Labute approximate surface area is 200 Å². The Bertz CT molecular complexity index is 710. The van der Waals surface area contributed by atoms with Crippen molar-refractivity contribution in [2.24, 2.45) is 11.5 Å². The number of hydrogen-bond acceptors (Lipinski definition) is 8. The van der Waals surface area contributed by atoms with Gasteiger partial charge in [0.2, 0.25) is 0 Å². The number of nitrogens with zero attached hydrogens (tertiary/aromatic N) is 2. The molecule has 0 spiro atoms. The molecule has 0 radical (unpaired) electrons. The molecule has 0 aromatic heterocycles. The zero-order valence-corrected chi connectivity index (χ0v) is 21.3. The molecular weight excluding hydrogens is 418 g/mol. The zero-order chi connectivity index (χ0) is 24.5. The van der Waals surface area contributed by atoms with Crippen LogP contribution in [0.1, 0.15) is 76.6 Å². The predicted molar refractivity (Wildman–Crippen MR) is 134 cm³/mol. The molecule has 7 N–H and O–H groups in total. The van der Waals surface area contributed by atoms with E-state index in [2.05, 4.69) is 29.0 Å². The third kappa shape index (κ3) is 7.28. The first-order valence-corrected chi connectivity index (χ1v) is 12.5. The topological polar surface area (TPSA) is 120 Å². The lowest BCUT2D eigenvalue weighted by Crippen LogP contribution is -2.56. The van der Waals surface area contributed by atoms with Crippen LogP contribution in [0.4, 0.5) is 0 Å². The number of hydrogen-bond donors (Lipinski definition) is 5. The fraction of sp³-hybridized carbons (Fsp3) is 0.760. The number of likely N-dealkylation sites (N-methyl/N-ethyl adjacent to an activating group) is 2. The number of rotatable bonds is 13. The lowest BCUT2D eigenvalue weighted by molar-refractivity contribution is 0.00530. The molecule has 8 nitrogen and oxygen atoms in total. The van der Waals surface area contributed by atoms with Crippen molar-refractivity contribution >= 4 is 0 Å². The number of nitrogens with two attached hydrogens (primary N) is 2. The van der Waals surface area contributed by atoms with Gasteiger partial charge in [-0.1, -0.05) is 27.7 Å². The first-order valence-electron chi connectivity index (χ1n) is 12.5. The van der Waals surface area contributed by atoms with Gasteiger partial charge in [0.05, 0.1) is 18.9 Å². The summed E-state index contributed by atoms with van der Waals surface area (Å²) in [6.07, 6.45) is 3.18. The third-order valence-electron chi connectivity index (χ3n) is 6.99. The predicted octanol–water partition coefficient (Wildman–Crippen LogP) is 2.65. The Hall–Kier alpha value is -1.42. The normalized spacial score (nSPS) is 21.2. The van der Waals surface area contributed by atoms with Gasteiger partial charge in [-0.2, -0.15) is 0 Å². The van der Waals surface area contributed by atoms with Gasteiger partial charge in [-0.3, -0.25) is 9.80 Å². The van der Waals surface area contributed by atoms with Crippen LogP contribution in [-0.2, 0) is 4.74 Å². The molecule has 1 fully saturated rings. The van der Waals surface area contributed by atoms with Gasteiger partial charge in [0.25, 0.3) is 0 Å². The Morgan fingerprint density at radius 3 is 2.18 bits per heavy atom. The Balaban J connectivity index is 2.20. The fourth-order valence-corrected chi connectivity index (χ4v) is 5.15. The number of aromatic hydroxyl groups is 2. The molecule has 8 heteroatoms. The number of phenols is 2. The second-order valence-corrected chi connectivity index (χ2v) is 9.48. The van der Waals surface area contributed by atoms with E-state index in [9.17, 15) is 10.2 Å². The highest BCUT2D eigenvalue weighted by atomic mass is 16.5. The summed E-state index contributed by atoms with van der Waals surface area (Å²) in [6, 6.07) is 3.98. The van der Waals surface area contributed by atoms with E-state index in [0.29, 0.717) is 18.2 Å². The molecule has 190 valence electrons. The number of ether oxygens (including phenoxy) is 1. The van der Waals surface area contributed by atoms with E-state index in [4.69, 9.17) is 16.2 Å². The zero-order valence-electron chi connectivity index (χ0n) is 21.3. The minimum Gasteiger partial charge on any atom is -0.508 e. The molecule has 0 heterocycles. The summed E-state index contributed by atoms with van der Waals surface area (Å²) < 4.78 is 5.36. The molecule has 0 bridgehead atoms. The van der Waals surface area contributed by atoms with Crippen LogP contribution in [0.3, 0.4) is 0 Å². The van der Waals surface area contributed by atoms with Crippen LogP contribution in [0.25, 0.3) is 0 Å². The standard InChI is InChI=1S/C25H47N5O3/c1-6-28-12-13-29(7-2)18-8-10-19(11-9-18)30(24(26)16-33-5)25(27)21-14-20(17(3)4)22(31)15-23(21)32/h14-15,17-19,24-25,28,31-32H,6-13,16,26-27H2,1-5H3. The first-order chi connectivity index (χ1) is 15.7. The van der Waals surface area contributed by atoms with Gasteiger partial charge < -0.3 is 31.7 Å². The molecule has 1 saturated carbocycles. The fourth-order valence-electron chi connectivity index (χ4n) is 5.15. The Kier molecular flexibility index (Phi) is 11.4. The van der Waals surface area contributed by atoms with E-state index < -0.39 is 12.3 Å². The van der Waals surface area contributed by atoms with Crippen LogP contribution in [0, 0.1) is 0 Å². The van der Waals surface area contributed by atoms with E-state index in [-0.39, 0.29) is 23.5 Å². The second kappa shape index (κ2) is 13.5. The third-order valence-corrected chi connectivity index (χ3v) is 6.99. The Morgan fingerprint density at radius 1 is 1.03 bits per heavy atom. The first kappa shape index (κ1) is 27.8. The van der Waals surface area contributed by atoms with Gasteiger partial charge in [-0.05, 0) is 56.3 Å². The van der Waals surface area contributed by atoms with Crippen LogP contribution in [0.2, 0.25) is 0 Å². The van der Waals surface area contributed by atoms with Crippen LogP contribution in [0.15, 0.2) is 12.1 Å². The molecule has 1 aliphatic carbocycles. The van der Waals surface area contributed by atoms with Gasteiger partial charge in [0.1, 0.15) is 11.5 Å². The number of methoxy groups -OCH3 is 1. The average molecular weight is 466 g/mol. The summed E-state index contributed by atoms with van der Waals surface area (Å²) in [5, 5.41) is 24.3. The van der Waals surface area contributed by atoms with E-state index in [1.807, 2.05) is 19.9 Å².